The van der Waals surface area contributed by atoms with Crippen molar-refractivity contribution in [3.8, 4) is 22.8 Å². The number of H-pyrrole nitrogens is 1. The average molecular weight is 261 g/mol. The molecule has 0 spiro atoms. The van der Waals surface area contributed by atoms with Gasteiger partial charge in [0, 0.05) is 12.0 Å². The Labute approximate surface area is 110 Å². The summed E-state index contributed by atoms with van der Waals surface area (Å²) in [6, 6.07) is 4.78. The van der Waals surface area contributed by atoms with Gasteiger partial charge in [-0.3, -0.25) is 4.79 Å². The molecule has 0 aliphatic carbocycles. The highest BCUT2D eigenvalue weighted by atomic mass is 16.5. The van der Waals surface area contributed by atoms with Crippen molar-refractivity contribution >= 4 is 5.78 Å². The molecule has 0 aliphatic rings. The quantitative estimate of drug-likeness (QED) is 0.805. The summed E-state index contributed by atoms with van der Waals surface area (Å²) in [5.74, 6) is 0.309. The van der Waals surface area contributed by atoms with E-state index >= 15 is 0 Å². The van der Waals surface area contributed by atoms with Crippen LogP contribution in [0.25, 0.3) is 11.3 Å². The van der Waals surface area contributed by atoms with E-state index in [0.717, 1.165) is 6.42 Å². The van der Waals surface area contributed by atoms with Crippen LogP contribution in [0, 0.1) is 0 Å². The molecule has 0 radical (unpaired) electrons. The van der Waals surface area contributed by atoms with Gasteiger partial charge in [0.2, 0.25) is 0 Å². The maximum Gasteiger partial charge on any atom is 0.185 e. The second-order valence-corrected chi connectivity index (χ2v) is 4.08. The van der Waals surface area contributed by atoms with Crippen molar-refractivity contribution in [2.45, 2.75) is 19.8 Å². The molecule has 0 fully saturated rings. The normalized spacial score (nSPS) is 10.4. The van der Waals surface area contributed by atoms with Crippen molar-refractivity contribution in [3.63, 3.8) is 0 Å². The van der Waals surface area contributed by atoms with E-state index in [2.05, 4.69) is 15.4 Å². The van der Waals surface area contributed by atoms with Crippen LogP contribution in [0.3, 0.4) is 0 Å². The van der Waals surface area contributed by atoms with Gasteiger partial charge in [-0.15, -0.1) is 0 Å². The average Bonchev–Trinajstić information content (AvgIpc) is 2.89. The molecule has 0 unspecified atom stereocenters. The molecule has 0 amide bonds. The summed E-state index contributed by atoms with van der Waals surface area (Å²) in [4.78, 5) is 11.9. The van der Waals surface area contributed by atoms with Crippen LogP contribution < -0.4 is 4.74 Å². The summed E-state index contributed by atoms with van der Waals surface area (Å²) in [6.07, 6.45) is 1.18. The number of benzene rings is 1. The number of hydrogen-bond donors (Lipinski definition) is 2. The van der Waals surface area contributed by atoms with Gasteiger partial charge in [-0.25, -0.2) is 0 Å². The summed E-state index contributed by atoms with van der Waals surface area (Å²) >= 11 is 0. The van der Waals surface area contributed by atoms with Crippen LogP contribution in [0.4, 0.5) is 0 Å². The fourth-order valence-electron chi connectivity index (χ4n) is 1.80. The first-order valence-corrected chi connectivity index (χ1v) is 5.98. The molecule has 6 heteroatoms. The molecule has 19 heavy (non-hydrogen) atoms. The number of phenolic OH excluding ortho intramolecular Hbond substituents is 1. The van der Waals surface area contributed by atoms with Gasteiger partial charge >= 0.3 is 0 Å². The van der Waals surface area contributed by atoms with Gasteiger partial charge in [-0.2, -0.15) is 15.4 Å². The Morgan fingerprint density at radius 1 is 1.42 bits per heavy atom. The van der Waals surface area contributed by atoms with Crippen molar-refractivity contribution in [1.29, 1.82) is 0 Å². The lowest BCUT2D eigenvalue weighted by atomic mass is 10.1. The molecular formula is C13H15N3O3. The van der Waals surface area contributed by atoms with Crippen LogP contribution >= 0.6 is 0 Å². The lowest BCUT2D eigenvalue weighted by Crippen LogP contribution is -2.01. The minimum atomic E-state index is -0.0571. The van der Waals surface area contributed by atoms with Gasteiger partial charge in [0.15, 0.2) is 23.0 Å². The van der Waals surface area contributed by atoms with Crippen LogP contribution in [-0.2, 0) is 0 Å². The minimum absolute atomic E-state index is 0.0381. The Balaban J connectivity index is 2.42. The number of phenols is 1. The molecule has 0 aliphatic heterocycles. The first-order chi connectivity index (χ1) is 9.17. The number of Topliss-reactive ketones (excluding diaryl/α,β-unsaturated/α-hetero) is 1. The van der Waals surface area contributed by atoms with Crippen LogP contribution in [0.5, 0.6) is 11.5 Å². The van der Waals surface area contributed by atoms with Crippen molar-refractivity contribution < 1.29 is 14.6 Å². The minimum Gasteiger partial charge on any atom is -0.504 e. The smallest absolute Gasteiger partial charge is 0.185 e. The molecular weight excluding hydrogens is 246 g/mol. The lowest BCUT2D eigenvalue weighted by molar-refractivity contribution is 0.0977. The number of aromatic amines is 1. The third kappa shape index (κ3) is 2.57. The first-order valence-electron chi connectivity index (χ1n) is 5.98. The molecule has 1 aromatic carbocycles. The molecule has 0 atom stereocenters. The van der Waals surface area contributed by atoms with E-state index in [0.29, 0.717) is 29.1 Å². The topological polar surface area (TPSA) is 88.1 Å². The summed E-state index contributed by atoms with van der Waals surface area (Å²) in [6.45, 7) is 1.93. The third-order valence-corrected chi connectivity index (χ3v) is 2.74. The van der Waals surface area contributed by atoms with Gasteiger partial charge < -0.3 is 9.84 Å². The third-order valence-electron chi connectivity index (χ3n) is 2.74. The zero-order valence-corrected chi connectivity index (χ0v) is 10.8. The van der Waals surface area contributed by atoms with Crippen LogP contribution in [0.1, 0.15) is 30.3 Å². The van der Waals surface area contributed by atoms with Gasteiger partial charge in [0.1, 0.15) is 5.69 Å². The number of aromatic hydroxyl groups is 1. The van der Waals surface area contributed by atoms with E-state index in [1.54, 1.807) is 12.1 Å². The number of hydrogen-bond acceptors (Lipinski definition) is 5. The van der Waals surface area contributed by atoms with E-state index < -0.39 is 0 Å². The predicted octanol–water partition coefficient (Wildman–Crippen LogP) is 2.17. The van der Waals surface area contributed by atoms with Crippen molar-refractivity contribution in [2.75, 3.05) is 7.11 Å². The number of nitrogens with one attached hydrogen (secondary N) is 1. The van der Waals surface area contributed by atoms with Crippen molar-refractivity contribution in [3.05, 3.63) is 23.9 Å². The number of rotatable bonds is 5. The SMILES string of the molecule is CCCC(=O)c1n[nH]nc1-c1ccc(O)c(OC)c1. The van der Waals surface area contributed by atoms with Gasteiger partial charge in [-0.05, 0) is 24.6 Å². The highest BCUT2D eigenvalue weighted by Crippen LogP contribution is 2.31. The maximum atomic E-state index is 11.9. The van der Waals surface area contributed by atoms with Gasteiger partial charge in [-0.1, -0.05) is 6.92 Å². The zero-order valence-electron chi connectivity index (χ0n) is 10.8. The fraction of sp³-hybridized carbons (Fsp3) is 0.308. The summed E-state index contributed by atoms with van der Waals surface area (Å²) in [5.41, 5.74) is 1.45. The molecule has 2 N–H and O–H groups in total. The number of ether oxygens (including phenoxy) is 1. The Hall–Kier alpha value is -2.37. The maximum absolute atomic E-state index is 11.9. The van der Waals surface area contributed by atoms with E-state index in [4.69, 9.17) is 4.74 Å². The molecule has 2 rings (SSSR count). The molecule has 0 saturated carbocycles. The second-order valence-electron chi connectivity index (χ2n) is 4.08. The highest BCUT2D eigenvalue weighted by Gasteiger charge is 2.18. The summed E-state index contributed by atoms with van der Waals surface area (Å²) in [7, 11) is 1.46. The molecule has 6 nitrogen and oxygen atoms in total. The predicted molar refractivity (Wildman–Crippen MR) is 69.3 cm³/mol. The Bertz CT molecular complexity index is 593. The summed E-state index contributed by atoms with van der Waals surface area (Å²) in [5, 5.41) is 19.9. The van der Waals surface area contributed by atoms with Crippen LogP contribution in [0.15, 0.2) is 18.2 Å². The molecule has 100 valence electrons. The number of aromatic nitrogens is 3. The highest BCUT2D eigenvalue weighted by molar-refractivity contribution is 5.99. The number of carbonyl (C=O) groups excluding carboxylic acids is 1. The largest absolute Gasteiger partial charge is 0.504 e. The molecule has 0 bridgehead atoms. The monoisotopic (exact) mass is 261 g/mol. The Morgan fingerprint density at radius 3 is 2.89 bits per heavy atom. The first kappa shape index (κ1) is 13.1. The van der Waals surface area contributed by atoms with E-state index in [9.17, 15) is 9.90 Å². The Kier molecular flexibility index (Phi) is 3.79. The number of nitrogens with zero attached hydrogens (tertiary/aromatic N) is 2. The summed E-state index contributed by atoms with van der Waals surface area (Å²) < 4.78 is 5.04. The Morgan fingerprint density at radius 2 is 2.21 bits per heavy atom. The fourth-order valence-corrected chi connectivity index (χ4v) is 1.80. The number of methoxy groups -OCH3 is 1. The molecule has 1 heterocycles. The second kappa shape index (κ2) is 5.51. The molecule has 2 aromatic rings. The van der Waals surface area contributed by atoms with E-state index in [-0.39, 0.29) is 11.5 Å². The standard InChI is InChI=1S/C13H15N3O3/c1-3-4-10(18)13-12(14-16-15-13)8-5-6-9(17)11(7-8)19-2/h5-7,17H,3-4H2,1-2H3,(H,14,15,16). The van der Waals surface area contributed by atoms with Crippen LogP contribution in [-0.4, -0.2) is 33.4 Å². The van der Waals surface area contributed by atoms with Crippen molar-refractivity contribution in [1.82, 2.24) is 15.4 Å². The zero-order chi connectivity index (χ0) is 13.8. The van der Waals surface area contributed by atoms with Crippen LogP contribution in [0.2, 0.25) is 0 Å². The molecule has 0 saturated heterocycles. The van der Waals surface area contributed by atoms with Gasteiger partial charge in [0.25, 0.3) is 0 Å². The molecule has 1 aromatic heterocycles. The van der Waals surface area contributed by atoms with E-state index in [1.807, 2.05) is 6.92 Å². The van der Waals surface area contributed by atoms with E-state index in [1.165, 1.54) is 13.2 Å². The number of carbonyl (C=O) groups is 1. The van der Waals surface area contributed by atoms with Crippen molar-refractivity contribution in [2.24, 2.45) is 0 Å². The van der Waals surface area contributed by atoms with Gasteiger partial charge in [0.05, 0.1) is 7.11 Å². The number of ketones is 1. The lowest BCUT2D eigenvalue weighted by Gasteiger charge is -2.05.